The van der Waals surface area contributed by atoms with Crippen LogP contribution >= 0.6 is 0 Å². The van der Waals surface area contributed by atoms with E-state index < -0.39 is 17.6 Å². The summed E-state index contributed by atoms with van der Waals surface area (Å²) >= 11 is 0. The molecule has 0 fully saturated rings. The number of halogens is 1. The van der Waals surface area contributed by atoms with E-state index in [-0.39, 0.29) is 11.5 Å². The van der Waals surface area contributed by atoms with Crippen molar-refractivity contribution in [2.24, 2.45) is 0 Å². The maximum atomic E-state index is 13.3. The molecule has 0 aliphatic carbocycles. The molecule has 2 heterocycles. The number of benzene rings is 2. The number of hydrogen-bond donors (Lipinski definition) is 3. The van der Waals surface area contributed by atoms with Crippen molar-refractivity contribution in [3.63, 3.8) is 0 Å². The standard InChI is InChI=1S/C25H23FN4O3/c1-25(2,3)33-24(32)30-29-23(31)22-21(16-10-12-27-13-11-16)19-9-6-17(14-20(19)28-22)15-4-7-18(26)8-5-15/h4-14,28H,1-3H3,(H,29,31)(H,30,32). The number of hydrogen-bond acceptors (Lipinski definition) is 4. The van der Waals surface area contributed by atoms with Gasteiger partial charge in [-0.15, -0.1) is 0 Å². The second-order valence-electron chi connectivity index (χ2n) is 8.46. The van der Waals surface area contributed by atoms with Gasteiger partial charge in [0.2, 0.25) is 0 Å². The normalized spacial score (nSPS) is 11.3. The first-order valence-electron chi connectivity index (χ1n) is 10.3. The van der Waals surface area contributed by atoms with Gasteiger partial charge in [-0.05, 0) is 67.8 Å². The lowest BCUT2D eigenvalue weighted by molar-refractivity contribution is 0.0483. The Morgan fingerprint density at radius 1 is 0.909 bits per heavy atom. The molecule has 0 saturated heterocycles. The zero-order valence-corrected chi connectivity index (χ0v) is 18.4. The molecule has 2 aromatic carbocycles. The van der Waals surface area contributed by atoms with Crippen LogP contribution in [0.25, 0.3) is 33.2 Å². The quantitative estimate of drug-likeness (QED) is 0.377. The van der Waals surface area contributed by atoms with Crippen molar-refractivity contribution in [2.75, 3.05) is 0 Å². The Bertz CT molecular complexity index is 1310. The highest BCUT2D eigenvalue weighted by molar-refractivity contribution is 6.10. The molecule has 0 aliphatic rings. The molecule has 0 aliphatic heterocycles. The number of carbonyl (C=O) groups excluding carboxylic acids is 2. The maximum absolute atomic E-state index is 13.3. The lowest BCUT2D eigenvalue weighted by atomic mass is 9.99. The Balaban J connectivity index is 1.72. The Morgan fingerprint density at radius 3 is 2.24 bits per heavy atom. The average Bonchev–Trinajstić information content (AvgIpc) is 3.16. The Labute approximate surface area is 190 Å². The van der Waals surface area contributed by atoms with Gasteiger partial charge in [-0.25, -0.2) is 14.6 Å². The van der Waals surface area contributed by atoms with E-state index in [1.807, 2.05) is 18.2 Å². The summed E-state index contributed by atoms with van der Waals surface area (Å²) in [4.78, 5) is 32.2. The fraction of sp³-hybridized carbons (Fsp3) is 0.160. The minimum absolute atomic E-state index is 0.267. The highest BCUT2D eigenvalue weighted by Crippen LogP contribution is 2.34. The van der Waals surface area contributed by atoms with Gasteiger partial charge in [-0.3, -0.25) is 15.2 Å². The number of pyridine rings is 1. The molecule has 0 radical (unpaired) electrons. The largest absolute Gasteiger partial charge is 0.443 e. The molecular weight excluding hydrogens is 423 g/mol. The molecule has 0 atom stereocenters. The van der Waals surface area contributed by atoms with Crippen LogP contribution in [0.5, 0.6) is 0 Å². The van der Waals surface area contributed by atoms with Gasteiger partial charge in [0.15, 0.2) is 0 Å². The number of H-pyrrole nitrogens is 1. The van der Waals surface area contributed by atoms with Crippen LogP contribution in [0.15, 0.2) is 67.0 Å². The molecule has 0 spiro atoms. The van der Waals surface area contributed by atoms with Crippen LogP contribution in [0.1, 0.15) is 31.3 Å². The molecule has 7 nitrogen and oxygen atoms in total. The number of ether oxygens (including phenoxy) is 1. The molecule has 0 saturated carbocycles. The summed E-state index contributed by atoms with van der Waals surface area (Å²) in [5.41, 5.74) is 8.11. The van der Waals surface area contributed by atoms with Crippen LogP contribution in [0.2, 0.25) is 0 Å². The van der Waals surface area contributed by atoms with E-state index >= 15 is 0 Å². The molecular formula is C25H23FN4O3. The van der Waals surface area contributed by atoms with Crippen molar-refractivity contribution in [2.45, 2.75) is 26.4 Å². The van der Waals surface area contributed by atoms with Crippen molar-refractivity contribution in [3.8, 4) is 22.3 Å². The molecule has 2 aromatic heterocycles. The van der Waals surface area contributed by atoms with Gasteiger partial charge in [0.1, 0.15) is 17.1 Å². The minimum atomic E-state index is -0.768. The van der Waals surface area contributed by atoms with Gasteiger partial charge in [-0.2, -0.15) is 0 Å². The Morgan fingerprint density at radius 2 is 1.58 bits per heavy atom. The first kappa shape index (κ1) is 22.0. The molecule has 8 heteroatoms. The van der Waals surface area contributed by atoms with Crippen molar-refractivity contribution in [1.29, 1.82) is 0 Å². The van der Waals surface area contributed by atoms with Gasteiger partial charge in [0.25, 0.3) is 5.91 Å². The first-order valence-corrected chi connectivity index (χ1v) is 10.3. The number of fused-ring (bicyclic) bond motifs is 1. The van der Waals surface area contributed by atoms with E-state index in [9.17, 15) is 14.0 Å². The molecule has 33 heavy (non-hydrogen) atoms. The van der Waals surface area contributed by atoms with E-state index in [4.69, 9.17) is 4.74 Å². The number of aromatic amines is 1. The number of amides is 2. The van der Waals surface area contributed by atoms with Gasteiger partial charge < -0.3 is 9.72 Å². The van der Waals surface area contributed by atoms with E-state index in [2.05, 4.69) is 20.8 Å². The lowest BCUT2D eigenvalue weighted by Crippen LogP contribution is -2.44. The molecule has 4 rings (SSSR count). The van der Waals surface area contributed by atoms with Gasteiger partial charge in [0.05, 0.1) is 0 Å². The van der Waals surface area contributed by atoms with E-state index in [1.165, 1.54) is 12.1 Å². The molecule has 0 unspecified atom stereocenters. The molecule has 3 N–H and O–H groups in total. The maximum Gasteiger partial charge on any atom is 0.426 e. The highest BCUT2D eigenvalue weighted by Gasteiger charge is 2.21. The fourth-order valence-corrected chi connectivity index (χ4v) is 3.48. The number of rotatable bonds is 3. The van der Waals surface area contributed by atoms with Crippen LogP contribution in [0.3, 0.4) is 0 Å². The zero-order valence-electron chi connectivity index (χ0n) is 18.4. The van der Waals surface area contributed by atoms with Crippen LogP contribution in [-0.4, -0.2) is 27.6 Å². The molecule has 4 aromatic rings. The van der Waals surface area contributed by atoms with Crippen molar-refractivity contribution in [3.05, 3.63) is 78.5 Å². The van der Waals surface area contributed by atoms with E-state index in [0.717, 1.165) is 22.1 Å². The average molecular weight is 446 g/mol. The summed E-state index contributed by atoms with van der Waals surface area (Å²) in [7, 11) is 0. The molecule has 168 valence electrons. The predicted molar refractivity (Wildman–Crippen MR) is 124 cm³/mol. The van der Waals surface area contributed by atoms with Crippen LogP contribution in [0.4, 0.5) is 9.18 Å². The first-order chi connectivity index (χ1) is 15.7. The topological polar surface area (TPSA) is 96.1 Å². The predicted octanol–water partition coefficient (Wildman–Crippen LogP) is 5.21. The summed E-state index contributed by atoms with van der Waals surface area (Å²) in [5.74, 6) is -0.844. The highest BCUT2D eigenvalue weighted by atomic mass is 19.1. The molecule has 0 bridgehead atoms. The lowest BCUT2D eigenvalue weighted by Gasteiger charge is -2.19. The monoisotopic (exact) mass is 446 g/mol. The van der Waals surface area contributed by atoms with Gasteiger partial charge >= 0.3 is 6.09 Å². The summed E-state index contributed by atoms with van der Waals surface area (Å²) in [5, 5.41) is 0.814. The smallest absolute Gasteiger partial charge is 0.426 e. The van der Waals surface area contributed by atoms with E-state index in [0.29, 0.717) is 11.1 Å². The van der Waals surface area contributed by atoms with E-state index in [1.54, 1.807) is 57.4 Å². The summed E-state index contributed by atoms with van der Waals surface area (Å²) < 4.78 is 18.5. The summed E-state index contributed by atoms with van der Waals surface area (Å²) in [6.07, 6.45) is 2.51. The third kappa shape index (κ3) is 5.01. The number of nitrogens with one attached hydrogen (secondary N) is 3. The second-order valence-corrected chi connectivity index (χ2v) is 8.46. The van der Waals surface area contributed by atoms with Crippen molar-refractivity contribution >= 4 is 22.9 Å². The third-order valence-electron chi connectivity index (χ3n) is 4.85. The minimum Gasteiger partial charge on any atom is -0.443 e. The van der Waals surface area contributed by atoms with Crippen LogP contribution in [0, 0.1) is 5.82 Å². The summed E-state index contributed by atoms with van der Waals surface area (Å²) in [6, 6.07) is 15.5. The van der Waals surface area contributed by atoms with Gasteiger partial charge in [-0.1, -0.05) is 24.3 Å². The van der Waals surface area contributed by atoms with Crippen LogP contribution in [-0.2, 0) is 4.74 Å². The van der Waals surface area contributed by atoms with Crippen molar-refractivity contribution in [1.82, 2.24) is 20.8 Å². The zero-order chi connectivity index (χ0) is 23.6. The SMILES string of the molecule is CC(C)(C)OC(=O)NNC(=O)c1[nH]c2cc(-c3ccc(F)cc3)ccc2c1-c1ccncc1. The number of aromatic nitrogens is 2. The third-order valence-corrected chi connectivity index (χ3v) is 4.85. The number of nitrogens with zero attached hydrogens (tertiary/aromatic N) is 1. The molecule has 2 amide bonds. The summed E-state index contributed by atoms with van der Waals surface area (Å²) in [6.45, 7) is 5.19. The van der Waals surface area contributed by atoms with Crippen LogP contribution < -0.4 is 10.9 Å². The Hall–Kier alpha value is -4.20. The number of hydrazine groups is 1. The van der Waals surface area contributed by atoms with Crippen molar-refractivity contribution < 1.29 is 18.7 Å². The Kier molecular flexibility index (Phi) is 5.83. The van der Waals surface area contributed by atoms with Gasteiger partial charge in [0, 0.05) is 28.9 Å². The second kappa shape index (κ2) is 8.74. The number of carbonyl (C=O) groups is 2. The fourth-order valence-electron chi connectivity index (χ4n) is 3.48.